The van der Waals surface area contributed by atoms with Crippen molar-refractivity contribution in [3.8, 4) is 11.5 Å². The molecule has 0 bridgehead atoms. The molecule has 3 rings (SSSR count). The number of rotatable bonds is 6. The Hall–Kier alpha value is -1.99. The van der Waals surface area contributed by atoms with Crippen LogP contribution >= 0.6 is 28.7 Å². The van der Waals surface area contributed by atoms with Crippen LogP contribution in [0.1, 0.15) is 16.8 Å². The summed E-state index contributed by atoms with van der Waals surface area (Å²) in [5, 5.41) is 0.899. The number of para-hydroxylation sites is 1. The summed E-state index contributed by atoms with van der Waals surface area (Å²) in [5.41, 5.74) is 1.56. The van der Waals surface area contributed by atoms with Gasteiger partial charge in [0.1, 0.15) is 0 Å². The highest BCUT2D eigenvalue weighted by Gasteiger charge is 2.21. The Labute approximate surface area is 174 Å². The standard InChI is InChI=1S/C20H22N2O3S.BrH/c1-24-18-10-9-15(13-19(18)25-2)17(23)14-22(16-7-4-3-5-8-16)20-21-11-6-12-26-20;/h3-5,7-10,13H,6,11-12,14H2,1-2H3;1H. The number of halogens is 1. The zero-order valence-electron chi connectivity index (χ0n) is 15.4. The number of hydrogen-bond donors (Lipinski definition) is 0. The summed E-state index contributed by atoms with van der Waals surface area (Å²) in [7, 11) is 3.14. The number of Topliss-reactive ketones (excluding diaryl/α,β-unsaturated/α-hetero) is 1. The van der Waals surface area contributed by atoms with Gasteiger partial charge < -0.3 is 14.4 Å². The molecular formula is C20H23BrN2O3S. The van der Waals surface area contributed by atoms with Gasteiger partial charge in [0.25, 0.3) is 0 Å². The van der Waals surface area contributed by atoms with Gasteiger partial charge in [-0.1, -0.05) is 30.0 Å². The first-order valence-electron chi connectivity index (χ1n) is 8.48. The molecule has 27 heavy (non-hydrogen) atoms. The zero-order chi connectivity index (χ0) is 18.4. The number of thioether (sulfide) groups is 1. The number of ether oxygens (including phenoxy) is 2. The number of methoxy groups -OCH3 is 2. The summed E-state index contributed by atoms with van der Waals surface area (Å²) < 4.78 is 10.6. The predicted molar refractivity (Wildman–Crippen MR) is 117 cm³/mol. The third-order valence-corrected chi connectivity index (χ3v) is 5.19. The molecule has 1 aliphatic rings. The summed E-state index contributed by atoms with van der Waals surface area (Å²) in [4.78, 5) is 19.5. The summed E-state index contributed by atoms with van der Waals surface area (Å²) in [5.74, 6) is 2.18. The fourth-order valence-corrected chi connectivity index (χ4v) is 3.70. The highest BCUT2D eigenvalue weighted by Crippen LogP contribution is 2.28. The zero-order valence-corrected chi connectivity index (χ0v) is 17.9. The minimum atomic E-state index is 0. The molecule has 7 heteroatoms. The highest BCUT2D eigenvalue weighted by molar-refractivity contribution is 8.93. The minimum Gasteiger partial charge on any atom is -0.493 e. The summed E-state index contributed by atoms with van der Waals surface area (Å²) in [6.07, 6.45) is 1.07. The monoisotopic (exact) mass is 450 g/mol. The van der Waals surface area contributed by atoms with Crippen LogP contribution in [0.25, 0.3) is 0 Å². The Morgan fingerprint density at radius 1 is 1.11 bits per heavy atom. The van der Waals surface area contributed by atoms with E-state index in [0.717, 1.165) is 29.6 Å². The van der Waals surface area contributed by atoms with Crippen LogP contribution in [0.2, 0.25) is 0 Å². The Morgan fingerprint density at radius 2 is 1.85 bits per heavy atom. The van der Waals surface area contributed by atoms with E-state index in [1.54, 1.807) is 44.2 Å². The van der Waals surface area contributed by atoms with Crippen molar-refractivity contribution in [3.63, 3.8) is 0 Å². The van der Waals surface area contributed by atoms with E-state index in [1.807, 2.05) is 35.2 Å². The molecule has 0 fully saturated rings. The molecule has 2 aromatic rings. The van der Waals surface area contributed by atoms with Crippen LogP contribution in [0.4, 0.5) is 5.69 Å². The third kappa shape index (κ3) is 5.26. The van der Waals surface area contributed by atoms with E-state index < -0.39 is 0 Å². The van der Waals surface area contributed by atoms with Crippen molar-refractivity contribution in [1.82, 2.24) is 0 Å². The van der Waals surface area contributed by atoms with Crippen LogP contribution in [0.5, 0.6) is 11.5 Å². The van der Waals surface area contributed by atoms with Gasteiger partial charge in [0.15, 0.2) is 22.4 Å². The number of nitrogens with zero attached hydrogens (tertiary/aromatic N) is 2. The molecule has 0 aromatic heterocycles. The van der Waals surface area contributed by atoms with Crippen LogP contribution in [0.3, 0.4) is 0 Å². The van der Waals surface area contributed by atoms with Crippen LogP contribution in [0, 0.1) is 0 Å². The van der Waals surface area contributed by atoms with Gasteiger partial charge in [-0.05, 0) is 36.8 Å². The number of ketones is 1. The van der Waals surface area contributed by atoms with Crippen molar-refractivity contribution >= 4 is 45.4 Å². The first kappa shape index (κ1) is 21.3. The Bertz CT molecular complexity index is 799. The maximum Gasteiger partial charge on any atom is 0.182 e. The molecule has 0 saturated carbocycles. The molecular weight excluding hydrogens is 428 g/mol. The molecule has 0 atom stereocenters. The van der Waals surface area contributed by atoms with Gasteiger partial charge in [-0.25, -0.2) is 0 Å². The normalized spacial score (nSPS) is 13.2. The molecule has 2 aromatic carbocycles. The highest BCUT2D eigenvalue weighted by atomic mass is 79.9. The molecule has 1 heterocycles. The molecule has 0 saturated heterocycles. The van der Waals surface area contributed by atoms with Crippen LogP contribution in [0.15, 0.2) is 53.5 Å². The van der Waals surface area contributed by atoms with Gasteiger partial charge in [-0.15, -0.1) is 17.0 Å². The maximum atomic E-state index is 12.9. The number of hydrogen-bond acceptors (Lipinski definition) is 6. The number of benzene rings is 2. The van der Waals surface area contributed by atoms with Gasteiger partial charge in [0.2, 0.25) is 0 Å². The van der Waals surface area contributed by atoms with Crippen molar-refractivity contribution < 1.29 is 14.3 Å². The molecule has 0 N–H and O–H groups in total. The van der Waals surface area contributed by atoms with E-state index >= 15 is 0 Å². The van der Waals surface area contributed by atoms with E-state index in [0.29, 0.717) is 17.1 Å². The molecule has 0 amide bonds. The lowest BCUT2D eigenvalue weighted by Crippen LogP contribution is -2.35. The van der Waals surface area contributed by atoms with E-state index in [9.17, 15) is 4.79 Å². The molecule has 0 spiro atoms. The van der Waals surface area contributed by atoms with Crippen molar-refractivity contribution in [2.24, 2.45) is 4.99 Å². The van der Waals surface area contributed by atoms with Gasteiger partial charge in [-0.2, -0.15) is 0 Å². The van der Waals surface area contributed by atoms with Crippen LogP contribution < -0.4 is 14.4 Å². The van der Waals surface area contributed by atoms with Gasteiger partial charge in [0, 0.05) is 23.5 Å². The largest absolute Gasteiger partial charge is 0.493 e. The van der Waals surface area contributed by atoms with Crippen molar-refractivity contribution in [2.45, 2.75) is 6.42 Å². The van der Waals surface area contributed by atoms with E-state index in [2.05, 4.69) is 4.99 Å². The fourth-order valence-electron chi connectivity index (χ4n) is 2.73. The lowest BCUT2D eigenvalue weighted by Gasteiger charge is -2.27. The van der Waals surface area contributed by atoms with Crippen molar-refractivity contribution in [1.29, 1.82) is 0 Å². The second kappa shape index (κ2) is 10.4. The molecule has 0 aliphatic carbocycles. The number of amidine groups is 1. The quantitative estimate of drug-likeness (QED) is 0.607. The first-order chi connectivity index (χ1) is 12.7. The number of anilines is 1. The van der Waals surface area contributed by atoms with E-state index in [1.165, 1.54) is 0 Å². The Morgan fingerprint density at radius 3 is 2.48 bits per heavy atom. The van der Waals surface area contributed by atoms with E-state index in [4.69, 9.17) is 9.47 Å². The van der Waals surface area contributed by atoms with Crippen molar-refractivity contribution in [2.75, 3.05) is 38.0 Å². The Balaban J connectivity index is 0.00000261. The van der Waals surface area contributed by atoms with Crippen LogP contribution in [-0.4, -0.2) is 44.0 Å². The average Bonchev–Trinajstić information content (AvgIpc) is 2.72. The molecule has 1 aliphatic heterocycles. The first-order valence-corrected chi connectivity index (χ1v) is 9.46. The average molecular weight is 451 g/mol. The minimum absolute atomic E-state index is 0. The lowest BCUT2D eigenvalue weighted by molar-refractivity contribution is 0.100. The fraction of sp³-hybridized carbons (Fsp3) is 0.300. The maximum absolute atomic E-state index is 12.9. The lowest BCUT2D eigenvalue weighted by atomic mass is 10.1. The smallest absolute Gasteiger partial charge is 0.182 e. The summed E-state index contributed by atoms with van der Waals surface area (Å²) in [6.45, 7) is 1.03. The number of carbonyl (C=O) groups is 1. The SMILES string of the molecule is Br.COc1ccc(C(=O)CN(C2=NCCCS2)c2ccccc2)cc1OC. The number of aliphatic imine (C=N–C) groups is 1. The predicted octanol–water partition coefficient (Wildman–Crippen LogP) is 4.46. The second-order valence-electron chi connectivity index (χ2n) is 5.78. The second-order valence-corrected chi connectivity index (χ2v) is 6.84. The van der Waals surface area contributed by atoms with Gasteiger partial charge >= 0.3 is 0 Å². The van der Waals surface area contributed by atoms with Gasteiger partial charge in [0.05, 0.1) is 20.8 Å². The molecule has 0 unspecified atom stereocenters. The van der Waals surface area contributed by atoms with Gasteiger partial charge in [-0.3, -0.25) is 9.79 Å². The number of carbonyl (C=O) groups excluding carboxylic acids is 1. The topological polar surface area (TPSA) is 51.1 Å². The summed E-state index contributed by atoms with van der Waals surface area (Å²) >= 11 is 1.70. The summed E-state index contributed by atoms with van der Waals surface area (Å²) in [6, 6.07) is 15.1. The molecule has 144 valence electrons. The molecule has 5 nitrogen and oxygen atoms in total. The molecule has 0 radical (unpaired) electrons. The third-order valence-electron chi connectivity index (χ3n) is 4.09. The van der Waals surface area contributed by atoms with E-state index in [-0.39, 0.29) is 29.3 Å². The Kier molecular flexibility index (Phi) is 8.19. The van der Waals surface area contributed by atoms with Crippen molar-refractivity contribution in [3.05, 3.63) is 54.1 Å². The van der Waals surface area contributed by atoms with Crippen LogP contribution in [-0.2, 0) is 0 Å².